The molecule has 0 radical (unpaired) electrons. The summed E-state index contributed by atoms with van der Waals surface area (Å²) >= 11 is 0. The fourth-order valence-corrected chi connectivity index (χ4v) is 7.80. The van der Waals surface area contributed by atoms with Crippen LogP contribution in [0.3, 0.4) is 0 Å². The van der Waals surface area contributed by atoms with Crippen LogP contribution in [0.2, 0.25) is 0 Å². The SMILES string of the molecule is [2H]c1nc(-c2[c-]c(-c3cccc4c3nc(-c3cc(C(C)(C)C)cc(C)c3O)n4-c3ccc(C(C)(C)CC)cc3-c3ccccc3)cc(C(C)(C)C)c2)c([2H])c(-c2c([2H])c([2H])c(C(C([2H])([2H])[2H])(C([2H])([2H])[2H])C([2H])([2H])[2H])c([2H])c2[2H])c1[2H].[Pt]. The molecule has 0 bridgehead atoms. The van der Waals surface area contributed by atoms with Crippen molar-refractivity contribution in [1.29, 1.82) is 0 Å². The van der Waals surface area contributed by atoms with Gasteiger partial charge in [0.1, 0.15) is 11.6 Å². The molecular weight excluding hydrogens is 974 g/mol. The second-order valence-electron chi connectivity index (χ2n) is 19.4. The third-order valence-electron chi connectivity index (χ3n) is 12.2. The second kappa shape index (κ2) is 17.7. The van der Waals surface area contributed by atoms with Crippen molar-refractivity contribution in [3.63, 3.8) is 0 Å². The summed E-state index contributed by atoms with van der Waals surface area (Å²) in [6.07, 6.45) is 0.141. The number of pyridine rings is 1. The third kappa shape index (κ3) is 9.43. The number of phenolic OH excluding ortho intramolecular Hbond substituents is 1. The molecule has 0 aliphatic carbocycles. The molecule has 336 valence electrons. The van der Waals surface area contributed by atoms with Crippen molar-refractivity contribution in [2.45, 2.75) is 118 Å². The molecule has 6 aromatic carbocycles. The van der Waals surface area contributed by atoms with E-state index in [1.807, 2.05) is 82.3 Å². The molecule has 0 fully saturated rings. The van der Waals surface area contributed by atoms with E-state index in [1.54, 1.807) is 6.07 Å². The zero-order valence-corrected chi connectivity index (χ0v) is 40.7. The van der Waals surface area contributed by atoms with E-state index in [-0.39, 0.29) is 48.9 Å². The van der Waals surface area contributed by atoms with Gasteiger partial charge in [-0.2, -0.15) is 0 Å². The van der Waals surface area contributed by atoms with Gasteiger partial charge < -0.3 is 5.11 Å². The maximum absolute atomic E-state index is 12.1. The van der Waals surface area contributed by atoms with Crippen molar-refractivity contribution in [3.05, 3.63) is 167 Å². The number of nitrogens with zero attached hydrogens (tertiary/aromatic N) is 3. The first-order valence-electron chi connectivity index (χ1n) is 29.6. The Balaban J connectivity index is 0.00000946. The van der Waals surface area contributed by atoms with E-state index in [1.165, 1.54) is 0 Å². The van der Waals surface area contributed by atoms with E-state index in [4.69, 9.17) is 22.8 Å². The van der Waals surface area contributed by atoms with Gasteiger partial charge in [-0.25, -0.2) is 4.98 Å². The molecule has 2 aromatic heterocycles. The van der Waals surface area contributed by atoms with Gasteiger partial charge in [-0.1, -0.05) is 179 Å². The van der Waals surface area contributed by atoms with Crippen molar-refractivity contribution >= 4 is 11.0 Å². The summed E-state index contributed by atoms with van der Waals surface area (Å²) in [7, 11) is 0. The first kappa shape index (κ1) is 30.6. The molecule has 2 heterocycles. The van der Waals surface area contributed by atoms with E-state index in [2.05, 4.69) is 87.5 Å². The summed E-state index contributed by atoms with van der Waals surface area (Å²) in [5.41, 5.74) is 1.00. The molecule has 65 heavy (non-hydrogen) atoms. The number of aryl methyl sites for hydroxylation is 1. The largest absolute Gasteiger partial charge is 0.507 e. The smallest absolute Gasteiger partial charge is 0.148 e. The maximum Gasteiger partial charge on any atom is 0.148 e. The summed E-state index contributed by atoms with van der Waals surface area (Å²) in [6, 6.07) is 26.9. The molecule has 0 aliphatic heterocycles. The van der Waals surface area contributed by atoms with Crippen molar-refractivity contribution in [1.82, 2.24) is 14.5 Å². The Morgan fingerprint density at radius 3 is 1.97 bits per heavy atom. The van der Waals surface area contributed by atoms with Crippen molar-refractivity contribution in [2.75, 3.05) is 0 Å². The fourth-order valence-electron chi connectivity index (χ4n) is 7.80. The minimum absolute atomic E-state index is 0. The van der Waals surface area contributed by atoms with Crippen LogP contribution in [0, 0.1) is 13.0 Å². The summed E-state index contributed by atoms with van der Waals surface area (Å²) in [5, 5.41) is 12.1. The van der Waals surface area contributed by atoms with E-state index in [9.17, 15) is 9.22 Å². The summed E-state index contributed by atoms with van der Waals surface area (Å²) in [4.78, 5) is 9.87. The average molecular weight is 1050 g/mol. The van der Waals surface area contributed by atoms with Crippen molar-refractivity contribution in [3.8, 4) is 67.5 Å². The number of hydrogen-bond donors (Lipinski definition) is 1. The van der Waals surface area contributed by atoms with E-state index in [0.717, 1.165) is 34.4 Å². The molecule has 8 aromatic rings. The molecule has 0 aliphatic rings. The molecular formula is C60H64N3OPt-. The van der Waals surface area contributed by atoms with Crippen LogP contribution in [0.4, 0.5) is 0 Å². The molecule has 0 amide bonds. The van der Waals surface area contributed by atoms with Crippen LogP contribution < -0.4 is 0 Å². The average Bonchev–Trinajstić information content (AvgIpc) is 3.76. The molecule has 1 N–H and O–H groups in total. The molecule has 0 spiro atoms. The zero-order chi connectivity index (χ0) is 59.5. The van der Waals surface area contributed by atoms with Crippen LogP contribution in [-0.2, 0) is 42.7 Å². The van der Waals surface area contributed by atoms with Gasteiger partial charge in [-0.3, -0.25) is 9.55 Å². The van der Waals surface area contributed by atoms with Crippen LogP contribution in [0.5, 0.6) is 5.75 Å². The first-order valence-corrected chi connectivity index (χ1v) is 21.6. The fraction of sp³-hybridized carbons (Fsp3) is 0.300. The van der Waals surface area contributed by atoms with Gasteiger partial charge in [0.15, 0.2) is 0 Å². The van der Waals surface area contributed by atoms with Crippen LogP contribution >= 0.6 is 0 Å². The third-order valence-corrected chi connectivity index (χ3v) is 12.2. The van der Waals surface area contributed by atoms with Crippen LogP contribution in [0.1, 0.15) is 139 Å². The molecule has 0 unspecified atom stereocenters. The van der Waals surface area contributed by atoms with Gasteiger partial charge in [-0.15, -0.1) is 29.3 Å². The van der Waals surface area contributed by atoms with Gasteiger partial charge in [-0.05, 0) is 104 Å². The number of phenols is 1. The van der Waals surface area contributed by atoms with E-state index >= 15 is 0 Å². The Morgan fingerprint density at radius 2 is 1.31 bits per heavy atom. The van der Waals surface area contributed by atoms with E-state index < -0.39 is 90.5 Å². The van der Waals surface area contributed by atoms with Gasteiger partial charge >= 0.3 is 0 Å². The number of hydrogen-bond acceptors (Lipinski definition) is 3. The minimum atomic E-state index is -3.93. The number of benzene rings is 6. The summed E-state index contributed by atoms with van der Waals surface area (Å²) in [6.45, 7) is 8.89. The Bertz CT molecular complexity index is 3710. The Hall–Kier alpha value is -5.57. The maximum atomic E-state index is 12.1. The number of aromatic nitrogens is 3. The number of imidazole rings is 1. The Morgan fingerprint density at radius 1 is 0.646 bits per heavy atom. The molecule has 0 saturated carbocycles. The summed E-state index contributed by atoms with van der Waals surface area (Å²) in [5.74, 6) is 0.511. The number of para-hydroxylation sites is 1. The predicted molar refractivity (Wildman–Crippen MR) is 271 cm³/mol. The Kier molecular flexibility index (Phi) is 8.32. The molecule has 5 heteroatoms. The van der Waals surface area contributed by atoms with Crippen molar-refractivity contribution < 1.29 is 48.1 Å². The molecule has 8 rings (SSSR count). The van der Waals surface area contributed by atoms with Gasteiger partial charge in [0, 0.05) is 50.8 Å². The summed E-state index contributed by atoms with van der Waals surface area (Å²) < 4.78 is 141. The topological polar surface area (TPSA) is 50.9 Å². The molecule has 0 atom stereocenters. The van der Waals surface area contributed by atoms with Crippen LogP contribution in [-0.4, -0.2) is 19.6 Å². The van der Waals surface area contributed by atoms with Crippen LogP contribution in [0.15, 0.2) is 133 Å². The number of aromatic hydroxyl groups is 1. The quantitative estimate of drug-likeness (QED) is 0.154. The standard InChI is InChI=1S/C60H64N3O.Pt/c1-14-60(12,13)45-27-28-52(49(36-45)40-19-16-15-17-20-40)63-53-22-18-21-48(54(53)62-56(63)50-37-46(58(6,7)8)31-38(2)55(50)64)42-32-43(34-47(33-42)59(9,10)11)51-35-41(29-30-61-51)39-23-25-44(26-24-39)57(3,4)5;/h15-31,33-37,64H,14H2,1-13H3;/q-1;/i3D3,4D3,5D3,23D,24D,25D,26D,29D,30D,35D;. The minimum Gasteiger partial charge on any atom is -0.507 e. The number of fused-ring (bicyclic) bond motifs is 1. The molecule has 4 nitrogen and oxygen atoms in total. The normalized spacial score (nSPS) is 16.5. The van der Waals surface area contributed by atoms with Gasteiger partial charge in [0.2, 0.25) is 0 Å². The van der Waals surface area contributed by atoms with Crippen LogP contribution in [0.25, 0.3) is 72.7 Å². The Labute approximate surface area is 425 Å². The molecule has 0 saturated heterocycles. The van der Waals surface area contributed by atoms with Crippen molar-refractivity contribution in [2.24, 2.45) is 0 Å². The van der Waals surface area contributed by atoms with Gasteiger partial charge in [0.25, 0.3) is 0 Å². The van der Waals surface area contributed by atoms with Gasteiger partial charge in [0.05, 0.1) is 31.9 Å². The second-order valence-corrected chi connectivity index (χ2v) is 19.4. The first-order chi connectivity index (χ1) is 36.8. The monoisotopic (exact) mass is 1050 g/mol. The van der Waals surface area contributed by atoms with E-state index in [0.29, 0.717) is 44.7 Å². The zero-order valence-electron chi connectivity index (χ0n) is 54.5. The number of rotatable bonds is 8. The predicted octanol–water partition coefficient (Wildman–Crippen LogP) is 16.1.